The fraction of sp³-hybridized carbons (Fsp3) is 0.429. The fourth-order valence-electron chi connectivity index (χ4n) is 4.24. The lowest BCUT2D eigenvalue weighted by Crippen LogP contribution is -2.37. The molecular weight excluding hydrogens is 374 g/mol. The van der Waals surface area contributed by atoms with Crippen LogP contribution in [0, 0.1) is 5.41 Å². The number of nitrogens with zero attached hydrogens (tertiary/aromatic N) is 3. The molecule has 0 radical (unpaired) electrons. The molecule has 148 valence electrons. The molecule has 2 aliphatic rings. The van der Waals surface area contributed by atoms with Gasteiger partial charge in [-0.2, -0.15) is 0 Å². The Morgan fingerprint density at radius 1 is 1.07 bits per heavy atom. The molecular formula is C21H25N3O3S. The van der Waals surface area contributed by atoms with Crippen LogP contribution in [0.4, 0.5) is 5.82 Å². The number of sulfone groups is 1. The second-order valence-electron chi connectivity index (χ2n) is 7.85. The van der Waals surface area contributed by atoms with Gasteiger partial charge in [0.25, 0.3) is 0 Å². The zero-order chi connectivity index (χ0) is 19.8. The van der Waals surface area contributed by atoms with Gasteiger partial charge in [0.2, 0.25) is 5.91 Å². The van der Waals surface area contributed by atoms with Crippen LogP contribution in [0.3, 0.4) is 0 Å². The Morgan fingerprint density at radius 2 is 1.82 bits per heavy atom. The highest BCUT2D eigenvalue weighted by atomic mass is 32.2. The highest BCUT2D eigenvalue weighted by Gasteiger charge is 2.50. The average Bonchev–Trinajstić information content (AvgIpc) is 3.26. The lowest BCUT2D eigenvalue weighted by molar-refractivity contribution is -0.135. The molecule has 0 N–H and O–H groups in total. The van der Waals surface area contributed by atoms with Crippen molar-refractivity contribution in [1.82, 2.24) is 9.88 Å². The molecule has 2 aromatic rings. The van der Waals surface area contributed by atoms with Gasteiger partial charge in [-0.15, -0.1) is 0 Å². The zero-order valence-corrected chi connectivity index (χ0v) is 16.9. The first kappa shape index (κ1) is 18.9. The average molecular weight is 400 g/mol. The molecule has 1 amide bonds. The summed E-state index contributed by atoms with van der Waals surface area (Å²) in [6.07, 6.45) is 5.15. The summed E-state index contributed by atoms with van der Waals surface area (Å²) in [6.45, 7) is 2.98. The largest absolute Gasteiger partial charge is 0.356 e. The minimum absolute atomic E-state index is 0.217. The van der Waals surface area contributed by atoms with Gasteiger partial charge in [-0.1, -0.05) is 30.3 Å². The molecule has 2 aliphatic heterocycles. The van der Waals surface area contributed by atoms with E-state index in [0.717, 1.165) is 44.7 Å². The predicted octanol–water partition coefficient (Wildman–Crippen LogP) is 2.16. The molecule has 7 heteroatoms. The van der Waals surface area contributed by atoms with Crippen molar-refractivity contribution in [3.05, 3.63) is 54.2 Å². The fourth-order valence-corrected chi connectivity index (χ4v) is 4.80. The van der Waals surface area contributed by atoms with Gasteiger partial charge in [0.1, 0.15) is 5.82 Å². The van der Waals surface area contributed by atoms with E-state index in [1.165, 1.54) is 18.0 Å². The SMILES string of the molecule is CS(=O)(=O)c1ccc(N2CCC3(CCN(CCc4ccccc4)C3=O)C2)nc1. The van der Waals surface area contributed by atoms with Gasteiger partial charge < -0.3 is 9.80 Å². The van der Waals surface area contributed by atoms with Gasteiger partial charge in [0, 0.05) is 38.6 Å². The number of hydrogen-bond acceptors (Lipinski definition) is 5. The number of hydrogen-bond donors (Lipinski definition) is 0. The van der Waals surface area contributed by atoms with E-state index in [2.05, 4.69) is 22.0 Å². The van der Waals surface area contributed by atoms with Crippen molar-refractivity contribution in [2.24, 2.45) is 5.41 Å². The van der Waals surface area contributed by atoms with Crippen LogP contribution in [-0.4, -0.2) is 56.6 Å². The van der Waals surface area contributed by atoms with Crippen LogP contribution in [-0.2, 0) is 21.1 Å². The topological polar surface area (TPSA) is 70.6 Å². The third-order valence-electron chi connectivity index (χ3n) is 5.94. The molecule has 0 bridgehead atoms. The van der Waals surface area contributed by atoms with Gasteiger partial charge in [-0.25, -0.2) is 13.4 Å². The summed E-state index contributed by atoms with van der Waals surface area (Å²) in [4.78, 5) is 21.8. The van der Waals surface area contributed by atoms with E-state index in [4.69, 9.17) is 0 Å². The van der Waals surface area contributed by atoms with Gasteiger partial charge >= 0.3 is 0 Å². The summed E-state index contributed by atoms with van der Waals surface area (Å²) < 4.78 is 23.2. The molecule has 1 atom stereocenters. The van der Waals surface area contributed by atoms with E-state index in [1.807, 2.05) is 23.1 Å². The number of carbonyl (C=O) groups is 1. The molecule has 2 saturated heterocycles. The number of aromatic nitrogens is 1. The smallest absolute Gasteiger partial charge is 0.230 e. The van der Waals surface area contributed by atoms with Crippen molar-refractivity contribution in [2.75, 3.05) is 37.3 Å². The van der Waals surface area contributed by atoms with Crippen molar-refractivity contribution in [1.29, 1.82) is 0 Å². The summed E-state index contributed by atoms with van der Waals surface area (Å²) in [6, 6.07) is 13.6. The first-order valence-corrected chi connectivity index (χ1v) is 11.5. The molecule has 1 spiro atoms. The highest BCUT2D eigenvalue weighted by Crippen LogP contribution is 2.41. The number of pyridine rings is 1. The van der Waals surface area contributed by atoms with Crippen molar-refractivity contribution in [2.45, 2.75) is 24.2 Å². The van der Waals surface area contributed by atoms with Crippen LogP contribution in [0.15, 0.2) is 53.6 Å². The minimum Gasteiger partial charge on any atom is -0.356 e. The zero-order valence-electron chi connectivity index (χ0n) is 16.0. The van der Waals surface area contributed by atoms with Gasteiger partial charge in [0.15, 0.2) is 9.84 Å². The Bertz CT molecular complexity index is 960. The molecule has 1 aromatic carbocycles. The second kappa shape index (κ2) is 7.20. The van der Waals surface area contributed by atoms with Crippen LogP contribution in [0.5, 0.6) is 0 Å². The number of rotatable bonds is 5. The van der Waals surface area contributed by atoms with Crippen LogP contribution in [0.25, 0.3) is 0 Å². The molecule has 1 aromatic heterocycles. The minimum atomic E-state index is -3.25. The molecule has 0 aliphatic carbocycles. The standard InChI is InChI=1S/C21H25N3O3S/c1-28(26,27)18-7-8-19(22-15-18)24-14-11-21(16-24)10-13-23(20(21)25)12-9-17-5-3-2-4-6-17/h2-8,15H,9-14,16H2,1H3. The number of anilines is 1. The van der Waals surface area contributed by atoms with Crippen LogP contribution < -0.4 is 4.90 Å². The van der Waals surface area contributed by atoms with Crippen LogP contribution in [0.1, 0.15) is 18.4 Å². The quantitative estimate of drug-likeness (QED) is 0.771. The first-order chi connectivity index (χ1) is 13.4. The van der Waals surface area contributed by atoms with E-state index in [-0.39, 0.29) is 16.2 Å². The number of likely N-dealkylation sites (tertiary alicyclic amines) is 1. The third-order valence-corrected chi connectivity index (χ3v) is 7.04. The maximum Gasteiger partial charge on any atom is 0.230 e. The van der Waals surface area contributed by atoms with E-state index < -0.39 is 9.84 Å². The molecule has 4 rings (SSSR count). The van der Waals surface area contributed by atoms with E-state index in [1.54, 1.807) is 12.1 Å². The monoisotopic (exact) mass is 399 g/mol. The summed E-state index contributed by atoms with van der Waals surface area (Å²) in [7, 11) is -3.25. The van der Waals surface area contributed by atoms with Gasteiger partial charge in [-0.3, -0.25) is 4.79 Å². The molecule has 3 heterocycles. The van der Waals surface area contributed by atoms with Crippen molar-refractivity contribution >= 4 is 21.6 Å². The van der Waals surface area contributed by atoms with Crippen LogP contribution >= 0.6 is 0 Å². The molecule has 2 fully saturated rings. The molecule has 28 heavy (non-hydrogen) atoms. The first-order valence-electron chi connectivity index (χ1n) is 9.62. The summed E-state index contributed by atoms with van der Waals surface area (Å²) in [5.74, 6) is 0.985. The maximum absolute atomic E-state index is 13.1. The van der Waals surface area contributed by atoms with E-state index in [9.17, 15) is 13.2 Å². The second-order valence-corrected chi connectivity index (χ2v) is 9.87. The number of benzene rings is 1. The van der Waals surface area contributed by atoms with E-state index in [0.29, 0.717) is 6.54 Å². The van der Waals surface area contributed by atoms with Crippen molar-refractivity contribution in [3.63, 3.8) is 0 Å². The molecule has 1 unspecified atom stereocenters. The summed E-state index contributed by atoms with van der Waals surface area (Å²) in [5, 5.41) is 0. The Labute approximate surface area is 166 Å². The molecule has 0 saturated carbocycles. The lowest BCUT2D eigenvalue weighted by atomic mass is 9.85. The normalized spacial score (nSPS) is 22.4. The maximum atomic E-state index is 13.1. The number of carbonyl (C=O) groups excluding carboxylic acids is 1. The lowest BCUT2D eigenvalue weighted by Gasteiger charge is -2.24. The van der Waals surface area contributed by atoms with E-state index >= 15 is 0 Å². The summed E-state index contributed by atoms with van der Waals surface area (Å²) in [5.41, 5.74) is 0.924. The Kier molecular flexibility index (Phi) is 4.87. The van der Waals surface area contributed by atoms with Crippen molar-refractivity contribution in [3.8, 4) is 0 Å². The highest BCUT2D eigenvalue weighted by molar-refractivity contribution is 7.90. The predicted molar refractivity (Wildman–Crippen MR) is 108 cm³/mol. The Balaban J connectivity index is 1.41. The Morgan fingerprint density at radius 3 is 2.50 bits per heavy atom. The molecule has 6 nitrogen and oxygen atoms in total. The third kappa shape index (κ3) is 3.63. The van der Waals surface area contributed by atoms with Crippen molar-refractivity contribution < 1.29 is 13.2 Å². The van der Waals surface area contributed by atoms with Gasteiger partial charge in [0.05, 0.1) is 10.3 Å². The van der Waals surface area contributed by atoms with Gasteiger partial charge in [-0.05, 0) is 37.0 Å². The summed E-state index contributed by atoms with van der Waals surface area (Å²) >= 11 is 0. The number of amides is 1. The van der Waals surface area contributed by atoms with Crippen LogP contribution in [0.2, 0.25) is 0 Å². The Hall–Kier alpha value is -2.41.